The van der Waals surface area contributed by atoms with Crippen molar-refractivity contribution in [1.29, 1.82) is 0 Å². The van der Waals surface area contributed by atoms with Gasteiger partial charge in [-0.2, -0.15) is 11.8 Å². The van der Waals surface area contributed by atoms with Crippen LogP contribution in [-0.4, -0.2) is 21.0 Å². The van der Waals surface area contributed by atoms with Crippen LogP contribution in [0, 0.1) is 0 Å². The highest BCUT2D eigenvalue weighted by molar-refractivity contribution is 8.14. The van der Waals surface area contributed by atoms with E-state index < -0.39 is 0 Å². The summed E-state index contributed by atoms with van der Waals surface area (Å²) in [6.07, 6.45) is 5.01. The Morgan fingerprint density at radius 1 is 0.621 bits per heavy atom. The summed E-state index contributed by atoms with van der Waals surface area (Å²) in [4.78, 5) is 2.84. The van der Waals surface area contributed by atoms with Gasteiger partial charge in [0.2, 0.25) is 0 Å². The maximum Gasteiger partial charge on any atom is 0.0619 e. The molecule has 2 aromatic rings. The highest BCUT2D eigenvalue weighted by Gasteiger charge is 2.59. The van der Waals surface area contributed by atoms with Crippen molar-refractivity contribution in [3.05, 3.63) is 106 Å². The van der Waals surface area contributed by atoms with Gasteiger partial charge in [-0.1, -0.05) is 60.7 Å². The van der Waals surface area contributed by atoms with E-state index in [-0.39, 0.29) is 9.49 Å². The predicted octanol–water partition coefficient (Wildman–Crippen LogP) is 7.43. The monoisotopic (exact) mass is 430 g/mol. The van der Waals surface area contributed by atoms with E-state index in [2.05, 4.69) is 122 Å². The molecule has 0 bridgehead atoms. The Bertz CT molecular complexity index is 1050. The minimum Gasteiger partial charge on any atom is -0.152 e. The first-order chi connectivity index (χ1) is 14.1. The first-order valence-electron chi connectivity index (χ1n) is 10.1. The first-order valence-corrected chi connectivity index (χ1v) is 12.9. The molecule has 4 aliphatic rings. The maximum atomic E-state index is 2.50. The standard InChI is InChI=1S/C26H22S3/c1-25-21(13-23(28-25)17-9-5-3-6-10-17)19-15-27-16-20(19)22-14-24(29-26(22,25)2)18-11-7-4-8-12-18/h3-14H,15-16H2,1-2H3/t25-,26-/m1/s1. The molecule has 1 fully saturated rings. The van der Waals surface area contributed by atoms with Crippen molar-refractivity contribution >= 4 is 45.1 Å². The van der Waals surface area contributed by atoms with Crippen LogP contribution in [0.3, 0.4) is 0 Å². The lowest BCUT2D eigenvalue weighted by atomic mass is 9.72. The molecule has 0 N–H and O–H groups in total. The third kappa shape index (κ3) is 2.50. The van der Waals surface area contributed by atoms with E-state index in [1.165, 1.54) is 20.9 Å². The molecule has 0 radical (unpaired) electrons. The molecule has 0 saturated carbocycles. The number of fused-ring (bicyclic) bond motifs is 4. The van der Waals surface area contributed by atoms with Gasteiger partial charge in [-0.3, -0.25) is 0 Å². The van der Waals surface area contributed by atoms with Gasteiger partial charge in [0, 0.05) is 21.3 Å². The van der Waals surface area contributed by atoms with Crippen LogP contribution in [0.5, 0.6) is 0 Å². The van der Waals surface area contributed by atoms with Crippen LogP contribution in [0.1, 0.15) is 25.0 Å². The third-order valence-corrected chi connectivity index (χ3v) is 11.1. The Labute approximate surface area is 185 Å². The summed E-state index contributed by atoms with van der Waals surface area (Å²) in [5, 5.41) is 0. The van der Waals surface area contributed by atoms with Gasteiger partial charge in [0.1, 0.15) is 0 Å². The summed E-state index contributed by atoms with van der Waals surface area (Å²) >= 11 is 6.23. The van der Waals surface area contributed by atoms with Crippen molar-refractivity contribution in [2.75, 3.05) is 11.5 Å². The normalized spacial score (nSPS) is 30.1. The minimum absolute atomic E-state index is 0.0505. The molecule has 144 valence electrons. The fraction of sp³-hybridized carbons (Fsp3) is 0.231. The average Bonchev–Trinajstić information content (AvgIpc) is 3.45. The lowest BCUT2D eigenvalue weighted by Crippen LogP contribution is -2.47. The lowest BCUT2D eigenvalue weighted by Gasteiger charge is -2.47. The van der Waals surface area contributed by atoms with Crippen molar-refractivity contribution in [3.63, 3.8) is 0 Å². The number of hydrogen-bond donors (Lipinski definition) is 0. The van der Waals surface area contributed by atoms with Gasteiger partial charge < -0.3 is 0 Å². The van der Waals surface area contributed by atoms with Gasteiger partial charge in [-0.05, 0) is 59.4 Å². The Balaban J connectivity index is 1.52. The average molecular weight is 431 g/mol. The van der Waals surface area contributed by atoms with E-state index >= 15 is 0 Å². The van der Waals surface area contributed by atoms with Crippen molar-refractivity contribution in [2.45, 2.75) is 23.3 Å². The molecule has 2 atom stereocenters. The van der Waals surface area contributed by atoms with E-state index in [4.69, 9.17) is 0 Å². The first kappa shape index (κ1) is 18.2. The SMILES string of the molecule is C[C@@]12SC(c3ccccc3)=CC1=C1CSCC1=C1C=C(c3ccccc3)S[C@]12C. The zero-order chi connectivity index (χ0) is 19.6. The van der Waals surface area contributed by atoms with E-state index in [9.17, 15) is 0 Å². The van der Waals surface area contributed by atoms with Crippen molar-refractivity contribution < 1.29 is 0 Å². The summed E-state index contributed by atoms with van der Waals surface area (Å²) in [5.41, 5.74) is 9.05. The molecular formula is C26H22S3. The van der Waals surface area contributed by atoms with Crippen molar-refractivity contribution in [3.8, 4) is 0 Å². The Kier molecular flexibility index (Phi) is 4.07. The van der Waals surface area contributed by atoms with Gasteiger partial charge in [0.25, 0.3) is 0 Å². The van der Waals surface area contributed by atoms with Crippen LogP contribution >= 0.6 is 35.3 Å². The highest BCUT2D eigenvalue weighted by Crippen LogP contribution is 2.69. The summed E-state index contributed by atoms with van der Waals surface area (Å²) in [7, 11) is 0. The molecule has 1 aliphatic carbocycles. The van der Waals surface area contributed by atoms with Crippen LogP contribution in [-0.2, 0) is 0 Å². The van der Waals surface area contributed by atoms with Crippen molar-refractivity contribution in [1.82, 2.24) is 0 Å². The fourth-order valence-corrected chi connectivity index (χ4v) is 9.36. The van der Waals surface area contributed by atoms with E-state index in [1.807, 2.05) is 0 Å². The van der Waals surface area contributed by atoms with Crippen LogP contribution in [0.15, 0.2) is 95.1 Å². The second kappa shape index (κ2) is 6.47. The quantitative estimate of drug-likeness (QED) is 0.486. The minimum atomic E-state index is 0.0505. The van der Waals surface area contributed by atoms with Crippen LogP contribution in [0.2, 0.25) is 0 Å². The van der Waals surface area contributed by atoms with Gasteiger partial charge in [-0.25, -0.2) is 0 Å². The molecule has 29 heavy (non-hydrogen) atoms. The summed E-state index contributed by atoms with van der Waals surface area (Å²) in [5.74, 6) is 2.30. The third-order valence-electron chi connectivity index (χ3n) is 6.74. The second-order valence-corrected chi connectivity index (χ2v) is 12.2. The molecule has 2 aromatic carbocycles. The Morgan fingerprint density at radius 3 is 1.45 bits per heavy atom. The molecular weight excluding hydrogens is 408 g/mol. The summed E-state index contributed by atoms with van der Waals surface area (Å²) in [6.45, 7) is 4.97. The van der Waals surface area contributed by atoms with Gasteiger partial charge >= 0.3 is 0 Å². The molecule has 0 unspecified atom stereocenters. The number of thioether (sulfide) groups is 3. The largest absolute Gasteiger partial charge is 0.152 e. The van der Waals surface area contributed by atoms with Crippen molar-refractivity contribution in [2.24, 2.45) is 0 Å². The van der Waals surface area contributed by atoms with Gasteiger partial charge in [0.15, 0.2) is 0 Å². The van der Waals surface area contributed by atoms with E-state index in [0.717, 1.165) is 11.5 Å². The Hall–Kier alpha value is -1.55. The number of hydrogen-bond acceptors (Lipinski definition) is 3. The summed E-state index contributed by atoms with van der Waals surface area (Å²) in [6, 6.07) is 21.8. The second-order valence-electron chi connectivity index (χ2n) is 8.30. The maximum absolute atomic E-state index is 2.50. The molecule has 6 rings (SSSR count). The fourth-order valence-electron chi connectivity index (χ4n) is 5.00. The number of benzene rings is 2. The van der Waals surface area contributed by atoms with Gasteiger partial charge in [-0.15, -0.1) is 23.5 Å². The predicted molar refractivity (Wildman–Crippen MR) is 132 cm³/mol. The number of allylic oxidation sites excluding steroid dienone is 2. The molecule has 3 heterocycles. The van der Waals surface area contributed by atoms with Crippen LogP contribution in [0.25, 0.3) is 9.81 Å². The summed E-state index contributed by atoms with van der Waals surface area (Å²) < 4.78 is 0.101. The smallest absolute Gasteiger partial charge is 0.0619 e. The van der Waals surface area contributed by atoms with Crippen LogP contribution < -0.4 is 0 Å². The molecule has 3 aliphatic heterocycles. The number of rotatable bonds is 2. The lowest BCUT2D eigenvalue weighted by molar-refractivity contribution is 0.609. The molecule has 0 amide bonds. The molecule has 0 aromatic heterocycles. The van der Waals surface area contributed by atoms with E-state index in [1.54, 1.807) is 22.3 Å². The molecule has 0 spiro atoms. The van der Waals surface area contributed by atoms with Crippen LogP contribution in [0.4, 0.5) is 0 Å². The highest BCUT2D eigenvalue weighted by atomic mass is 32.2. The molecule has 1 saturated heterocycles. The van der Waals surface area contributed by atoms with E-state index in [0.29, 0.717) is 0 Å². The Morgan fingerprint density at radius 2 is 1.03 bits per heavy atom. The zero-order valence-electron chi connectivity index (χ0n) is 16.6. The molecule has 3 heteroatoms. The topological polar surface area (TPSA) is 0 Å². The van der Waals surface area contributed by atoms with Gasteiger partial charge in [0.05, 0.1) is 9.49 Å². The molecule has 0 nitrogen and oxygen atoms in total. The zero-order valence-corrected chi connectivity index (χ0v) is 19.0.